The van der Waals surface area contributed by atoms with Crippen molar-refractivity contribution in [2.24, 2.45) is 0 Å². The highest BCUT2D eigenvalue weighted by Gasteiger charge is 2.29. The molecule has 0 aliphatic heterocycles. The molecule has 0 unspecified atom stereocenters. The lowest BCUT2D eigenvalue weighted by Gasteiger charge is -2.05. The largest absolute Gasteiger partial charge is 0.492 e. The first-order valence-corrected chi connectivity index (χ1v) is 6.94. The number of oxazole rings is 1. The number of halogens is 3. The number of hydrogen-bond donors (Lipinski definition) is 0. The lowest BCUT2D eigenvalue weighted by molar-refractivity contribution is -0.137. The van der Waals surface area contributed by atoms with Crippen molar-refractivity contribution in [1.29, 1.82) is 0 Å². The molecule has 1 heterocycles. The smallest absolute Gasteiger partial charge is 0.416 e. The molecule has 122 valence electrons. The average Bonchev–Trinajstić information content (AvgIpc) is 2.98. The van der Waals surface area contributed by atoms with E-state index in [2.05, 4.69) is 4.98 Å². The zero-order valence-corrected chi connectivity index (χ0v) is 12.7. The summed E-state index contributed by atoms with van der Waals surface area (Å²) in [6, 6.07) is 4.85. The molecular weight excluding hydrogens is 307 g/mol. The summed E-state index contributed by atoms with van der Waals surface area (Å²) in [4.78, 5) is 4.20. The third kappa shape index (κ3) is 5.02. The first-order valence-electron chi connectivity index (χ1n) is 6.94. The first kappa shape index (κ1) is 16.9. The van der Waals surface area contributed by atoms with Crippen molar-refractivity contribution in [3.63, 3.8) is 0 Å². The molecule has 2 rings (SSSR count). The first-order chi connectivity index (χ1) is 10.9. The van der Waals surface area contributed by atoms with Crippen molar-refractivity contribution in [1.82, 2.24) is 4.98 Å². The number of alkyl halides is 3. The monoisotopic (exact) mass is 323 g/mol. The van der Waals surface area contributed by atoms with Crippen LogP contribution in [0.2, 0.25) is 0 Å². The minimum absolute atomic E-state index is 0.299. The molecule has 0 saturated heterocycles. The summed E-state index contributed by atoms with van der Waals surface area (Å²) < 4.78 is 48.1. The minimum atomic E-state index is -4.33. The molecule has 0 amide bonds. The fraction of sp³-hybridized carbons (Fsp3) is 0.235. The lowest BCUT2D eigenvalue weighted by Crippen LogP contribution is -2.03. The average molecular weight is 323 g/mol. The van der Waals surface area contributed by atoms with E-state index in [1.165, 1.54) is 18.4 Å². The molecule has 6 heteroatoms. The predicted molar refractivity (Wildman–Crippen MR) is 81.1 cm³/mol. The predicted octanol–water partition coefficient (Wildman–Crippen LogP) is 5.30. The number of rotatable bonds is 5. The molecule has 0 radical (unpaired) electrons. The summed E-state index contributed by atoms with van der Waals surface area (Å²) in [6.45, 7) is 4.01. The van der Waals surface area contributed by atoms with Crippen LogP contribution in [0.25, 0.3) is 12.2 Å². The molecule has 2 aromatic rings. The summed E-state index contributed by atoms with van der Waals surface area (Å²) in [5, 5.41) is 0. The van der Waals surface area contributed by atoms with Crippen molar-refractivity contribution < 1.29 is 22.3 Å². The molecule has 0 N–H and O–H groups in total. The normalized spacial score (nSPS) is 12.8. The van der Waals surface area contributed by atoms with Crippen LogP contribution < -0.4 is 0 Å². The van der Waals surface area contributed by atoms with Crippen LogP contribution in [0.1, 0.15) is 36.6 Å². The lowest BCUT2D eigenvalue weighted by atomic mass is 10.1. The third-order valence-electron chi connectivity index (χ3n) is 3.08. The van der Waals surface area contributed by atoms with Gasteiger partial charge in [-0.1, -0.05) is 12.1 Å². The van der Waals surface area contributed by atoms with Gasteiger partial charge in [-0.3, -0.25) is 0 Å². The van der Waals surface area contributed by atoms with Crippen molar-refractivity contribution in [3.8, 4) is 0 Å². The Morgan fingerprint density at radius 1 is 1.22 bits per heavy atom. The molecule has 0 fully saturated rings. The molecule has 23 heavy (non-hydrogen) atoms. The highest BCUT2D eigenvalue weighted by molar-refractivity contribution is 5.66. The molecule has 0 saturated carbocycles. The number of allylic oxidation sites excluding steroid dienone is 2. The van der Waals surface area contributed by atoms with Crippen LogP contribution in [-0.2, 0) is 17.5 Å². The minimum Gasteiger partial charge on any atom is -0.492 e. The van der Waals surface area contributed by atoms with E-state index in [1.807, 2.05) is 19.9 Å². The van der Waals surface area contributed by atoms with E-state index >= 15 is 0 Å². The molecule has 0 aliphatic carbocycles. The topological polar surface area (TPSA) is 35.3 Å². The van der Waals surface area contributed by atoms with Crippen LogP contribution in [0.3, 0.4) is 0 Å². The van der Waals surface area contributed by atoms with Gasteiger partial charge in [0.05, 0.1) is 11.3 Å². The molecule has 1 aromatic carbocycles. The van der Waals surface area contributed by atoms with Crippen LogP contribution in [-0.4, -0.2) is 4.98 Å². The van der Waals surface area contributed by atoms with E-state index in [4.69, 9.17) is 9.15 Å². The van der Waals surface area contributed by atoms with E-state index in [0.29, 0.717) is 23.8 Å². The van der Waals surface area contributed by atoms with Gasteiger partial charge in [0.1, 0.15) is 18.6 Å². The molecule has 0 atom stereocenters. The van der Waals surface area contributed by atoms with Gasteiger partial charge in [0.2, 0.25) is 5.89 Å². The summed E-state index contributed by atoms with van der Waals surface area (Å²) in [5.41, 5.74) is 0.585. The maximum absolute atomic E-state index is 12.5. The quantitative estimate of drug-likeness (QED) is 0.700. The maximum Gasteiger partial charge on any atom is 0.416 e. The van der Waals surface area contributed by atoms with E-state index in [-0.39, 0.29) is 0 Å². The second-order valence-electron chi connectivity index (χ2n) is 4.82. The number of nitrogens with zero attached hydrogens (tertiary/aromatic N) is 1. The maximum atomic E-state index is 12.5. The molecule has 3 nitrogen and oxygen atoms in total. The van der Waals surface area contributed by atoms with Crippen LogP contribution in [0.15, 0.2) is 46.8 Å². The summed E-state index contributed by atoms with van der Waals surface area (Å²) in [7, 11) is 0. The van der Waals surface area contributed by atoms with Gasteiger partial charge in [0, 0.05) is 6.08 Å². The SMILES string of the molecule is C/C=C(/C)OCc1coc(/C=C/c2ccc(C(F)(F)F)cc2)n1. The second kappa shape index (κ2) is 7.17. The summed E-state index contributed by atoms with van der Waals surface area (Å²) >= 11 is 0. The van der Waals surface area contributed by atoms with Gasteiger partial charge >= 0.3 is 6.18 Å². The summed E-state index contributed by atoms with van der Waals surface area (Å²) in [5.74, 6) is 1.15. The molecular formula is C17H16F3NO2. The van der Waals surface area contributed by atoms with Crippen LogP contribution in [0, 0.1) is 0 Å². The van der Waals surface area contributed by atoms with Crippen LogP contribution in [0.4, 0.5) is 13.2 Å². The molecule has 0 bridgehead atoms. The summed E-state index contributed by atoms with van der Waals surface area (Å²) in [6.07, 6.45) is 2.22. The second-order valence-corrected chi connectivity index (χ2v) is 4.82. The Hall–Kier alpha value is -2.50. The van der Waals surface area contributed by atoms with Gasteiger partial charge in [-0.15, -0.1) is 0 Å². The fourth-order valence-corrected chi connectivity index (χ4v) is 1.69. The van der Waals surface area contributed by atoms with Gasteiger partial charge in [-0.2, -0.15) is 13.2 Å². The Kier molecular flexibility index (Phi) is 5.26. The van der Waals surface area contributed by atoms with Crippen LogP contribution in [0.5, 0.6) is 0 Å². The number of aromatic nitrogens is 1. The Morgan fingerprint density at radius 3 is 2.52 bits per heavy atom. The number of hydrogen-bond acceptors (Lipinski definition) is 3. The Bertz CT molecular complexity index is 697. The van der Waals surface area contributed by atoms with E-state index in [0.717, 1.165) is 17.9 Å². The molecule has 0 spiro atoms. The van der Waals surface area contributed by atoms with E-state index in [9.17, 15) is 13.2 Å². The highest BCUT2D eigenvalue weighted by atomic mass is 19.4. The van der Waals surface area contributed by atoms with Crippen LogP contribution >= 0.6 is 0 Å². The van der Waals surface area contributed by atoms with Crippen molar-refractivity contribution >= 4 is 12.2 Å². The molecule has 1 aromatic heterocycles. The van der Waals surface area contributed by atoms with Gasteiger partial charge < -0.3 is 9.15 Å². The third-order valence-corrected chi connectivity index (χ3v) is 3.08. The Morgan fingerprint density at radius 2 is 1.91 bits per heavy atom. The zero-order valence-electron chi connectivity index (χ0n) is 12.7. The van der Waals surface area contributed by atoms with Crippen molar-refractivity contribution in [3.05, 3.63) is 65.1 Å². The van der Waals surface area contributed by atoms with Gasteiger partial charge in [-0.25, -0.2) is 4.98 Å². The van der Waals surface area contributed by atoms with E-state index in [1.54, 1.807) is 12.2 Å². The van der Waals surface area contributed by atoms with Gasteiger partial charge in [0.15, 0.2) is 0 Å². The molecule has 0 aliphatic rings. The highest BCUT2D eigenvalue weighted by Crippen LogP contribution is 2.29. The zero-order chi connectivity index (χ0) is 16.9. The van der Waals surface area contributed by atoms with Crippen molar-refractivity contribution in [2.75, 3.05) is 0 Å². The number of benzene rings is 1. The van der Waals surface area contributed by atoms with Crippen molar-refractivity contribution in [2.45, 2.75) is 26.6 Å². The Labute approximate surface area is 132 Å². The van der Waals surface area contributed by atoms with E-state index < -0.39 is 11.7 Å². The van der Waals surface area contributed by atoms with Gasteiger partial charge in [-0.05, 0) is 43.7 Å². The van der Waals surface area contributed by atoms with Gasteiger partial charge in [0.25, 0.3) is 0 Å². The fourth-order valence-electron chi connectivity index (χ4n) is 1.69. The number of ether oxygens (including phenoxy) is 1. The Balaban J connectivity index is 1.99. The standard InChI is InChI=1S/C17H16F3NO2/c1-3-12(2)22-10-15-11-23-16(21-15)9-6-13-4-7-14(8-5-13)17(18,19)20/h3-9,11H,10H2,1-2H3/b9-6+,12-3-.